The second-order valence-corrected chi connectivity index (χ2v) is 8.66. The number of para-hydroxylation sites is 4. The van der Waals surface area contributed by atoms with E-state index < -0.39 is 11.9 Å². The van der Waals surface area contributed by atoms with Crippen LogP contribution in [0.3, 0.4) is 0 Å². The van der Waals surface area contributed by atoms with Crippen molar-refractivity contribution in [1.29, 1.82) is 0 Å². The number of halogens is 1. The maximum atomic E-state index is 14.0. The highest BCUT2D eigenvalue weighted by Gasteiger charge is 2.33. The summed E-state index contributed by atoms with van der Waals surface area (Å²) in [5.74, 6) is 0.193. The smallest absolute Gasteiger partial charge is 0.244 e. The molecule has 0 bridgehead atoms. The first kappa shape index (κ1) is 24.0. The van der Waals surface area contributed by atoms with Crippen LogP contribution in [0.15, 0.2) is 79.3 Å². The van der Waals surface area contributed by atoms with E-state index in [2.05, 4.69) is 15.1 Å². The molecule has 5 rings (SSSR count). The van der Waals surface area contributed by atoms with Gasteiger partial charge in [-0.25, -0.2) is 14.2 Å². The van der Waals surface area contributed by atoms with Crippen molar-refractivity contribution in [2.45, 2.75) is 25.6 Å². The summed E-state index contributed by atoms with van der Waals surface area (Å²) in [5.41, 5.74) is 2.20. The molecule has 9 heteroatoms. The van der Waals surface area contributed by atoms with Crippen LogP contribution in [0.1, 0.15) is 17.7 Å². The zero-order chi connectivity index (χ0) is 25.8. The number of carbonyl (C=O) groups excluding carboxylic acids is 1. The summed E-state index contributed by atoms with van der Waals surface area (Å²) in [4.78, 5) is 22.3. The lowest BCUT2D eigenvalue weighted by Gasteiger charge is -2.21. The Bertz CT molecular complexity index is 1480. The number of anilines is 1. The topological polar surface area (TPSA) is 84.0 Å². The van der Waals surface area contributed by atoms with Crippen LogP contribution in [0.4, 0.5) is 15.8 Å². The van der Waals surface area contributed by atoms with Gasteiger partial charge in [0, 0.05) is 25.8 Å². The summed E-state index contributed by atoms with van der Waals surface area (Å²) >= 11 is 0. The average molecular weight is 498 g/mol. The highest BCUT2D eigenvalue weighted by atomic mass is 19.1. The third-order valence-corrected chi connectivity index (χ3v) is 6.26. The van der Waals surface area contributed by atoms with E-state index in [0.29, 0.717) is 48.8 Å². The molecule has 1 aliphatic rings. The standard InChI is InChI=1S/C28H24FN5O3/c1-30-22-11-10-19(14-21(22)29)17-33-18-31-15-20(33)16-32-23-12-13-34(28(23)36)24-6-2-4-8-26(24)37-27-9-5-3-7-25(27)35/h2-11,14-15,18,23,32,35H,12-13,16-17H2/t23-/m1/s1. The van der Waals surface area contributed by atoms with E-state index in [1.54, 1.807) is 53.8 Å². The molecule has 0 unspecified atom stereocenters. The van der Waals surface area contributed by atoms with Crippen LogP contribution >= 0.6 is 0 Å². The Morgan fingerprint density at radius 3 is 2.70 bits per heavy atom. The van der Waals surface area contributed by atoms with Gasteiger partial charge >= 0.3 is 0 Å². The molecule has 1 saturated heterocycles. The summed E-state index contributed by atoms with van der Waals surface area (Å²) < 4.78 is 21.8. The minimum absolute atomic E-state index is 0.00638. The molecule has 3 aromatic carbocycles. The van der Waals surface area contributed by atoms with Gasteiger partial charge in [-0.15, -0.1) is 0 Å². The molecule has 37 heavy (non-hydrogen) atoms. The fourth-order valence-corrected chi connectivity index (χ4v) is 4.34. The number of hydrogen-bond acceptors (Lipinski definition) is 5. The number of aromatic hydroxyl groups is 1. The maximum Gasteiger partial charge on any atom is 0.244 e. The molecule has 1 aromatic heterocycles. The van der Waals surface area contributed by atoms with Gasteiger partial charge in [0.2, 0.25) is 11.6 Å². The number of aromatic nitrogens is 2. The van der Waals surface area contributed by atoms with Gasteiger partial charge in [-0.05, 0) is 42.3 Å². The Morgan fingerprint density at radius 1 is 1.14 bits per heavy atom. The fourth-order valence-electron chi connectivity index (χ4n) is 4.34. The number of phenols is 1. The molecule has 1 atom stereocenters. The van der Waals surface area contributed by atoms with Crippen molar-refractivity contribution in [2.75, 3.05) is 11.4 Å². The number of ether oxygens (including phenoxy) is 1. The molecule has 0 spiro atoms. The highest BCUT2D eigenvalue weighted by molar-refractivity contribution is 6.00. The zero-order valence-electron chi connectivity index (χ0n) is 19.8. The van der Waals surface area contributed by atoms with Crippen molar-refractivity contribution in [3.8, 4) is 17.2 Å². The lowest BCUT2D eigenvalue weighted by Crippen LogP contribution is -2.38. The summed E-state index contributed by atoms with van der Waals surface area (Å²) in [6, 6.07) is 18.1. The van der Waals surface area contributed by atoms with Crippen LogP contribution in [0.2, 0.25) is 0 Å². The zero-order valence-corrected chi connectivity index (χ0v) is 19.8. The number of hydrogen-bond donors (Lipinski definition) is 2. The minimum Gasteiger partial charge on any atom is -0.504 e. The molecule has 8 nitrogen and oxygen atoms in total. The number of nitrogens with zero attached hydrogens (tertiary/aromatic N) is 4. The SMILES string of the molecule is [C-]#[N+]c1ccc(Cn2cncc2CN[C@@H]2CCN(c3ccccc3Oc3ccccc3O)C2=O)cc1F. The summed E-state index contributed by atoms with van der Waals surface area (Å²) in [7, 11) is 0. The van der Waals surface area contributed by atoms with Gasteiger partial charge in [0.05, 0.1) is 30.3 Å². The highest BCUT2D eigenvalue weighted by Crippen LogP contribution is 2.37. The normalized spacial score (nSPS) is 15.1. The monoisotopic (exact) mass is 497 g/mol. The molecule has 0 radical (unpaired) electrons. The third kappa shape index (κ3) is 5.15. The van der Waals surface area contributed by atoms with Gasteiger partial charge in [0.25, 0.3) is 0 Å². The largest absolute Gasteiger partial charge is 0.504 e. The van der Waals surface area contributed by atoms with Gasteiger partial charge in [-0.1, -0.05) is 36.4 Å². The molecule has 1 aliphatic heterocycles. The van der Waals surface area contributed by atoms with Gasteiger partial charge in [-0.2, -0.15) is 0 Å². The molecule has 2 N–H and O–H groups in total. The molecule has 0 aliphatic carbocycles. The average Bonchev–Trinajstić information content (AvgIpc) is 3.50. The van der Waals surface area contributed by atoms with E-state index in [1.165, 1.54) is 12.1 Å². The van der Waals surface area contributed by atoms with Crippen molar-refractivity contribution >= 4 is 17.3 Å². The molecule has 1 amide bonds. The number of carbonyl (C=O) groups is 1. The van der Waals surface area contributed by atoms with E-state index in [-0.39, 0.29) is 17.3 Å². The Hall–Kier alpha value is -4.68. The van der Waals surface area contributed by atoms with Crippen LogP contribution < -0.4 is 15.0 Å². The second kappa shape index (κ2) is 10.5. The van der Waals surface area contributed by atoms with Crippen LogP contribution in [0, 0.1) is 12.4 Å². The molecule has 1 fully saturated rings. The first-order chi connectivity index (χ1) is 18.0. The molecular weight excluding hydrogens is 473 g/mol. The number of phenolic OH excluding ortho intramolecular Hbond substituents is 1. The van der Waals surface area contributed by atoms with E-state index in [1.807, 2.05) is 22.8 Å². The van der Waals surface area contributed by atoms with Crippen LogP contribution in [0.25, 0.3) is 4.85 Å². The second-order valence-electron chi connectivity index (χ2n) is 8.66. The maximum absolute atomic E-state index is 14.0. The summed E-state index contributed by atoms with van der Waals surface area (Å²) in [6.45, 7) is 8.31. The molecule has 4 aromatic rings. The van der Waals surface area contributed by atoms with Crippen molar-refractivity contribution < 1.29 is 19.0 Å². The summed E-state index contributed by atoms with van der Waals surface area (Å²) in [6.07, 6.45) is 3.98. The molecule has 2 heterocycles. The molecular formula is C28H24FN5O3. The Labute approximate surface area is 213 Å². The Morgan fingerprint density at radius 2 is 1.92 bits per heavy atom. The predicted molar refractivity (Wildman–Crippen MR) is 136 cm³/mol. The number of nitrogens with one attached hydrogen (secondary N) is 1. The fraction of sp³-hybridized carbons (Fsp3) is 0.179. The number of benzene rings is 3. The van der Waals surface area contributed by atoms with E-state index >= 15 is 0 Å². The van der Waals surface area contributed by atoms with Gasteiger partial charge < -0.3 is 24.6 Å². The number of imidazole rings is 1. The lowest BCUT2D eigenvalue weighted by atomic mass is 10.2. The van der Waals surface area contributed by atoms with Gasteiger partial charge in [-0.3, -0.25) is 4.79 Å². The first-order valence-electron chi connectivity index (χ1n) is 11.8. The summed E-state index contributed by atoms with van der Waals surface area (Å²) in [5, 5.41) is 13.4. The van der Waals surface area contributed by atoms with E-state index in [9.17, 15) is 14.3 Å². The van der Waals surface area contributed by atoms with Gasteiger partial charge in [0.1, 0.15) is 5.82 Å². The van der Waals surface area contributed by atoms with Gasteiger partial charge in [0.15, 0.2) is 17.2 Å². The molecule has 186 valence electrons. The minimum atomic E-state index is -0.546. The number of rotatable bonds is 8. The van der Waals surface area contributed by atoms with Crippen molar-refractivity contribution in [1.82, 2.24) is 14.9 Å². The quantitative estimate of drug-likeness (QED) is 0.334. The van der Waals surface area contributed by atoms with E-state index in [4.69, 9.17) is 11.3 Å². The number of amides is 1. The van der Waals surface area contributed by atoms with Crippen LogP contribution in [-0.2, 0) is 17.9 Å². The Balaban J connectivity index is 1.25. The molecule has 0 saturated carbocycles. The lowest BCUT2D eigenvalue weighted by molar-refractivity contribution is -0.118. The van der Waals surface area contributed by atoms with E-state index in [0.717, 1.165) is 5.69 Å². The Kier molecular flexibility index (Phi) is 6.83. The third-order valence-electron chi connectivity index (χ3n) is 6.26. The van der Waals surface area contributed by atoms with Crippen molar-refractivity contribution in [3.05, 3.63) is 108 Å². The van der Waals surface area contributed by atoms with Crippen LogP contribution in [0.5, 0.6) is 17.2 Å². The van der Waals surface area contributed by atoms with Crippen molar-refractivity contribution in [3.63, 3.8) is 0 Å². The first-order valence-corrected chi connectivity index (χ1v) is 11.8. The van der Waals surface area contributed by atoms with Crippen LogP contribution in [-0.4, -0.2) is 33.2 Å². The van der Waals surface area contributed by atoms with Crippen molar-refractivity contribution in [2.24, 2.45) is 0 Å². The predicted octanol–water partition coefficient (Wildman–Crippen LogP) is 5.01.